The Morgan fingerprint density at radius 1 is 0.648 bits per heavy atom. The van der Waals surface area contributed by atoms with Crippen LogP contribution in [0.3, 0.4) is 0 Å². The molecular weight excluding hydrogens is 907 g/mol. The van der Waals surface area contributed by atoms with Crippen LogP contribution in [0.4, 0.5) is 17.6 Å². The van der Waals surface area contributed by atoms with Crippen LogP contribution in [0.1, 0.15) is 80.7 Å². The van der Waals surface area contributed by atoms with Crippen LogP contribution < -0.4 is 11.1 Å². The van der Waals surface area contributed by atoms with Crippen LogP contribution in [0, 0.1) is 57.8 Å². The molecule has 2 fully saturated rings. The van der Waals surface area contributed by atoms with Crippen LogP contribution >= 0.6 is 0 Å². The Kier molecular flexibility index (Phi) is 16.2. The molecular formula is C56H46BF4N6O4. The van der Waals surface area contributed by atoms with Crippen LogP contribution in [0.5, 0.6) is 0 Å². The summed E-state index contributed by atoms with van der Waals surface area (Å²) in [5.74, 6) is -2.10. The number of nitrogens with one attached hydrogen (secondary N) is 1. The molecule has 1 radical (unpaired) electrons. The van der Waals surface area contributed by atoms with E-state index < -0.39 is 17.6 Å². The third kappa shape index (κ3) is 12.3. The minimum Gasteiger partial charge on any atom is -0.478 e. The fourth-order valence-corrected chi connectivity index (χ4v) is 8.52. The number of halogens is 4. The number of carboxylic acid groups (broad SMARTS) is 1. The topological polar surface area (TPSA) is 186 Å². The number of aromatic nitrogens is 2. The number of nitrogens with two attached hydrogens (primary N) is 1. The van der Waals surface area contributed by atoms with E-state index in [1.54, 1.807) is 66.7 Å². The maximum atomic E-state index is 14.0. The van der Waals surface area contributed by atoms with Crippen molar-refractivity contribution in [2.75, 3.05) is 0 Å². The molecule has 1 amide bonds. The van der Waals surface area contributed by atoms with E-state index >= 15 is 0 Å². The molecule has 0 unspecified atom stereocenters. The molecule has 5 N–H and O–H groups in total. The lowest BCUT2D eigenvalue weighted by Gasteiger charge is -2.21. The second-order valence-electron chi connectivity index (χ2n) is 16.9. The number of nitrogens with zero attached hydrogens (tertiary/aromatic N) is 4. The van der Waals surface area contributed by atoms with Gasteiger partial charge in [-0.05, 0) is 109 Å². The Morgan fingerprint density at radius 2 is 1.07 bits per heavy atom. The van der Waals surface area contributed by atoms with Gasteiger partial charge in [-0.1, -0.05) is 84.9 Å². The molecule has 355 valence electrons. The molecule has 0 saturated heterocycles. The first-order chi connectivity index (χ1) is 34.8. The summed E-state index contributed by atoms with van der Waals surface area (Å²) in [7, 11) is 0.250. The van der Waals surface area contributed by atoms with Crippen molar-refractivity contribution >= 4 is 41.7 Å². The second kappa shape index (κ2) is 23.4. The van der Waals surface area contributed by atoms with Crippen LogP contribution in [0.2, 0.25) is 0 Å². The predicted octanol–water partition coefficient (Wildman–Crippen LogP) is 11.0. The van der Waals surface area contributed by atoms with Gasteiger partial charge in [-0.3, -0.25) is 4.79 Å². The maximum Gasteiger partial charge on any atom is 0.336 e. The molecule has 71 heavy (non-hydrogen) atoms. The number of carboxylic acids is 1. The number of hydrogen-bond donors (Lipinski definition) is 4. The number of nitriles is 2. The van der Waals surface area contributed by atoms with Crippen molar-refractivity contribution in [2.45, 2.75) is 50.6 Å². The fourth-order valence-electron chi connectivity index (χ4n) is 8.52. The molecule has 0 bridgehead atoms. The van der Waals surface area contributed by atoms with Crippen molar-refractivity contribution in [1.29, 1.82) is 11.9 Å². The number of rotatable bonds is 11. The number of para-hydroxylation sites is 2. The first kappa shape index (κ1) is 49.2. The van der Waals surface area contributed by atoms with Crippen molar-refractivity contribution in [3.05, 3.63) is 202 Å². The van der Waals surface area contributed by atoms with Crippen LogP contribution in [-0.2, 0) is 12.8 Å². The highest BCUT2D eigenvalue weighted by molar-refractivity contribution is 6.09. The lowest BCUT2D eigenvalue weighted by molar-refractivity contribution is 0.0697. The average Bonchev–Trinajstić information content (AvgIpc) is 4.32. The minimum atomic E-state index is -1.13. The Labute approximate surface area is 409 Å². The van der Waals surface area contributed by atoms with Crippen LogP contribution in [0.25, 0.3) is 44.3 Å². The monoisotopic (exact) mass is 955 g/mol. The second-order valence-corrected chi connectivity index (χ2v) is 16.9. The Balaban J connectivity index is 0.000000171. The number of fused-ring (bicyclic) bond motifs is 2. The molecule has 10 rings (SSSR count). The molecule has 0 aliphatic heterocycles. The van der Waals surface area contributed by atoms with Crippen molar-refractivity contribution < 1.29 is 37.3 Å². The Morgan fingerprint density at radius 3 is 1.52 bits per heavy atom. The van der Waals surface area contributed by atoms with E-state index in [0.717, 1.165) is 18.4 Å². The zero-order valence-electron chi connectivity index (χ0n) is 39.1. The molecule has 2 aliphatic rings. The van der Waals surface area contributed by atoms with Gasteiger partial charge in [-0.25, -0.2) is 32.3 Å². The number of carbonyl (C=O) groups excluding carboxylic acids is 1. The molecule has 2 heterocycles. The first-order valence-electron chi connectivity index (χ1n) is 23.2. The van der Waals surface area contributed by atoms with Crippen molar-refractivity contribution in [3.63, 3.8) is 0 Å². The quantitative estimate of drug-likeness (QED) is 0.0723. The van der Waals surface area contributed by atoms with E-state index in [0.29, 0.717) is 72.5 Å². The highest BCUT2D eigenvalue weighted by Gasteiger charge is 2.35. The molecule has 0 spiro atoms. The molecule has 15 heteroatoms. The summed E-state index contributed by atoms with van der Waals surface area (Å²) in [5, 5.41) is 39.6. The number of pyridine rings is 2. The summed E-state index contributed by atoms with van der Waals surface area (Å²) in [6.45, 7) is 0. The van der Waals surface area contributed by atoms with E-state index in [9.17, 15) is 37.5 Å². The number of carbonyl (C=O) groups is 2. The fraction of sp³-hybridized carbons (Fsp3) is 0.179. The van der Waals surface area contributed by atoms with E-state index in [4.69, 9.17) is 22.3 Å². The smallest absolute Gasteiger partial charge is 0.336 e. The number of hydrogen-bond acceptors (Lipinski definition) is 8. The van der Waals surface area contributed by atoms with Gasteiger partial charge in [0.1, 0.15) is 23.3 Å². The van der Waals surface area contributed by atoms with Gasteiger partial charge in [0, 0.05) is 40.4 Å². The summed E-state index contributed by atoms with van der Waals surface area (Å²) < 4.78 is 59.9. The normalized spacial score (nSPS) is 13.5. The number of benzene rings is 6. The van der Waals surface area contributed by atoms with E-state index in [1.165, 1.54) is 67.4 Å². The zero-order chi connectivity index (χ0) is 51.3. The number of aromatic carboxylic acids is 1. The molecule has 2 atom stereocenters. The van der Waals surface area contributed by atoms with Crippen molar-refractivity contribution in [1.82, 2.24) is 15.3 Å². The third-order valence-electron chi connectivity index (χ3n) is 12.1. The first-order valence-corrected chi connectivity index (χ1v) is 22.6. The van der Waals surface area contributed by atoms with Crippen LogP contribution in [-0.4, -0.2) is 41.3 Å². The highest BCUT2D eigenvalue weighted by Crippen LogP contribution is 2.42. The van der Waals surface area contributed by atoms with Crippen LogP contribution in [0.15, 0.2) is 146 Å². The lowest BCUT2D eigenvalue weighted by atomic mass is 9.93. The molecule has 6 aromatic carbocycles. The van der Waals surface area contributed by atoms with Gasteiger partial charge >= 0.3 is 5.97 Å². The van der Waals surface area contributed by atoms with E-state index in [-0.39, 0.29) is 62.0 Å². The van der Waals surface area contributed by atoms with Crippen molar-refractivity contribution in [2.24, 2.45) is 17.6 Å². The third-order valence-corrected chi connectivity index (χ3v) is 12.1. The summed E-state index contributed by atoms with van der Waals surface area (Å²) in [6.07, 6.45) is 4.08. The standard InChI is InChI=1S/C28H21F2N3O.C18H11FN2O2.C10H12FN.BH2O/c29-20-7-3-5-18(15-20)26(17-11-12-17)33-28(34)25-22-9-1-2-10-24(22)32-27(23(25)13-14-31)19-6-4-8-21(30)16-19;19-12-5-3-4-11(10-12)17-14(8-9-20)16(18(22)23)13-6-1-2-7-15(13)21-17;11-9-3-1-2-8(6-9)10(12)7-4-5-7;1-2/h1-10,15-17,26H,11-13H2,(H,33,34);1-7,10H,8H2,(H,22,23);1-3,6-7,10H,4-5,12H2;1-2H/t26-;;10-;/m0.0./s1/i;;;1T. The molecule has 2 aliphatic carbocycles. The lowest BCUT2D eigenvalue weighted by Crippen LogP contribution is -2.31. The summed E-state index contributed by atoms with van der Waals surface area (Å²) in [4.78, 5) is 34.7. The summed E-state index contributed by atoms with van der Waals surface area (Å²) >= 11 is 0. The number of amides is 1. The van der Waals surface area contributed by atoms with Gasteiger partial charge in [0.25, 0.3) is 13.9 Å². The molecule has 2 aromatic heterocycles. The van der Waals surface area contributed by atoms with E-state index in [2.05, 4.69) is 16.4 Å². The predicted molar refractivity (Wildman–Crippen MR) is 265 cm³/mol. The van der Waals surface area contributed by atoms with E-state index in [1.807, 2.05) is 30.3 Å². The SMILES string of the molecule is N#CCc1c(-c2cccc(F)c2)nc2ccccc2c1C(=O)N[C@H](c1cccc(F)c1)C1CC1.N#CCc1c(-c2cccc(F)c2)nc2ccccc2c1C(=O)O.N[C@H](c1cccc(F)c1)C1CC1.[3H][B]O. The minimum absolute atomic E-state index is 0.0383. The largest absolute Gasteiger partial charge is 0.478 e. The molecule has 2 saturated carbocycles. The highest BCUT2D eigenvalue weighted by atomic mass is 19.1. The maximum absolute atomic E-state index is 14.0. The van der Waals surface area contributed by atoms with Gasteiger partial charge in [0.15, 0.2) is 0 Å². The Hall–Kier alpha value is -8.24. The van der Waals surface area contributed by atoms with Gasteiger partial charge in [0.2, 0.25) is 0 Å². The summed E-state index contributed by atoms with van der Waals surface area (Å²) in [6, 6.07) is 42.4. The zero-order valence-corrected chi connectivity index (χ0v) is 38.1. The van der Waals surface area contributed by atoms with Gasteiger partial charge in [0.05, 0.1) is 64.6 Å². The van der Waals surface area contributed by atoms with Gasteiger partial charge < -0.3 is 21.2 Å². The van der Waals surface area contributed by atoms with Gasteiger partial charge in [-0.2, -0.15) is 10.5 Å². The summed E-state index contributed by atoms with van der Waals surface area (Å²) in [5.41, 5.74) is 11.4. The Bertz CT molecular complexity index is 3340. The van der Waals surface area contributed by atoms with Crippen molar-refractivity contribution in [3.8, 4) is 34.7 Å². The average molecular weight is 956 g/mol. The molecule has 8 aromatic rings. The molecule has 10 nitrogen and oxygen atoms in total. The van der Waals surface area contributed by atoms with Gasteiger partial charge in [-0.15, -0.1) is 0 Å².